The molecule has 4 heterocycles. The molecule has 1 aliphatic carbocycles. The van der Waals surface area contributed by atoms with Gasteiger partial charge in [0.1, 0.15) is 5.65 Å². The van der Waals surface area contributed by atoms with Crippen molar-refractivity contribution in [2.75, 3.05) is 13.1 Å². The number of benzene rings is 1. The van der Waals surface area contributed by atoms with Crippen LogP contribution in [0.4, 0.5) is 4.79 Å². The molecular formula is C25H29N5O. The molecule has 3 N–H and O–H groups in total. The van der Waals surface area contributed by atoms with E-state index < -0.39 is 0 Å². The van der Waals surface area contributed by atoms with E-state index in [0.717, 1.165) is 50.0 Å². The fourth-order valence-corrected chi connectivity index (χ4v) is 5.08. The van der Waals surface area contributed by atoms with Gasteiger partial charge in [0.2, 0.25) is 0 Å². The lowest BCUT2D eigenvalue weighted by atomic mass is 9.87. The molecule has 6 heteroatoms. The maximum Gasteiger partial charge on any atom is 0.317 e. The Hall–Kier alpha value is -2.86. The van der Waals surface area contributed by atoms with E-state index in [4.69, 9.17) is 0 Å². The van der Waals surface area contributed by atoms with Gasteiger partial charge < -0.3 is 20.5 Å². The molecule has 0 radical (unpaired) electrons. The van der Waals surface area contributed by atoms with Crippen molar-refractivity contribution in [2.24, 2.45) is 0 Å². The highest BCUT2D eigenvalue weighted by Crippen LogP contribution is 2.36. The normalized spacial score (nSPS) is 20.8. The number of rotatable bonds is 3. The third kappa shape index (κ3) is 3.49. The first-order chi connectivity index (χ1) is 15.2. The molecule has 2 aliphatic heterocycles. The Morgan fingerprint density at radius 2 is 2.10 bits per heavy atom. The van der Waals surface area contributed by atoms with Gasteiger partial charge in [0.25, 0.3) is 0 Å². The summed E-state index contributed by atoms with van der Waals surface area (Å²) in [4.78, 5) is 22.6. The summed E-state index contributed by atoms with van der Waals surface area (Å²) >= 11 is 0. The Morgan fingerprint density at radius 1 is 1.19 bits per heavy atom. The number of nitrogens with one attached hydrogen (secondary N) is 3. The van der Waals surface area contributed by atoms with Crippen LogP contribution in [0, 0.1) is 6.92 Å². The lowest BCUT2D eigenvalue weighted by molar-refractivity contribution is 0.191. The average molecular weight is 416 g/mol. The first kappa shape index (κ1) is 18.9. The standard InChI is InChI=1S/C25H29N5O/c1-15-12-27-24-20(15)11-18(13-28-24)17-9-16-6-8-30(25(31)29-19-4-5-19)14-22(16)21(10-17)23-3-2-7-26-23/h9-13,19,23,26H,2-8,14H2,1H3,(H,27,28)(H,29,31). The van der Waals surface area contributed by atoms with E-state index in [-0.39, 0.29) is 6.03 Å². The number of urea groups is 1. The molecule has 0 bridgehead atoms. The molecule has 31 heavy (non-hydrogen) atoms. The van der Waals surface area contributed by atoms with Gasteiger partial charge in [0.15, 0.2) is 0 Å². The zero-order valence-electron chi connectivity index (χ0n) is 18.0. The Labute approximate surface area is 182 Å². The number of aromatic amines is 1. The number of carbonyl (C=O) groups is 1. The topological polar surface area (TPSA) is 73.0 Å². The van der Waals surface area contributed by atoms with Gasteiger partial charge in [-0.15, -0.1) is 0 Å². The summed E-state index contributed by atoms with van der Waals surface area (Å²) in [5, 5.41) is 8.02. The maximum atomic E-state index is 12.7. The van der Waals surface area contributed by atoms with E-state index in [1.807, 2.05) is 17.3 Å². The van der Waals surface area contributed by atoms with E-state index in [1.54, 1.807) is 0 Å². The molecule has 3 aliphatic rings. The molecule has 2 fully saturated rings. The number of aromatic nitrogens is 2. The molecule has 6 nitrogen and oxygen atoms in total. The van der Waals surface area contributed by atoms with Crippen molar-refractivity contribution in [1.82, 2.24) is 25.5 Å². The van der Waals surface area contributed by atoms with Crippen LogP contribution in [0.2, 0.25) is 0 Å². The predicted octanol–water partition coefficient (Wildman–Crippen LogP) is 4.19. The fourth-order valence-electron chi connectivity index (χ4n) is 5.08. The van der Waals surface area contributed by atoms with E-state index in [2.05, 4.69) is 45.7 Å². The van der Waals surface area contributed by atoms with E-state index in [1.165, 1.54) is 39.6 Å². The number of nitrogens with zero attached hydrogens (tertiary/aromatic N) is 2. The van der Waals surface area contributed by atoms with Crippen LogP contribution in [-0.2, 0) is 13.0 Å². The number of aryl methyl sites for hydroxylation is 1. The van der Waals surface area contributed by atoms with E-state index in [9.17, 15) is 4.79 Å². The van der Waals surface area contributed by atoms with Crippen LogP contribution >= 0.6 is 0 Å². The monoisotopic (exact) mass is 415 g/mol. The van der Waals surface area contributed by atoms with Gasteiger partial charge >= 0.3 is 6.03 Å². The number of amides is 2. The summed E-state index contributed by atoms with van der Waals surface area (Å²) < 4.78 is 0. The number of hydrogen-bond acceptors (Lipinski definition) is 3. The highest BCUT2D eigenvalue weighted by Gasteiger charge is 2.30. The third-order valence-electron chi connectivity index (χ3n) is 7.08. The highest BCUT2D eigenvalue weighted by molar-refractivity contribution is 5.84. The molecule has 160 valence electrons. The summed E-state index contributed by atoms with van der Waals surface area (Å²) in [6.45, 7) is 4.66. The minimum atomic E-state index is 0.0974. The van der Waals surface area contributed by atoms with Crippen molar-refractivity contribution in [2.45, 2.75) is 57.7 Å². The second-order valence-electron chi connectivity index (χ2n) is 9.34. The number of pyridine rings is 1. The van der Waals surface area contributed by atoms with Crippen LogP contribution in [-0.4, -0.2) is 40.0 Å². The van der Waals surface area contributed by atoms with Gasteiger partial charge in [-0.2, -0.15) is 0 Å². The van der Waals surface area contributed by atoms with Crippen molar-refractivity contribution in [3.8, 4) is 11.1 Å². The molecule has 6 rings (SSSR count). The van der Waals surface area contributed by atoms with Crippen LogP contribution in [0.15, 0.2) is 30.6 Å². The minimum Gasteiger partial charge on any atom is -0.346 e. The number of carbonyl (C=O) groups excluding carboxylic acids is 1. The summed E-state index contributed by atoms with van der Waals surface area (Å²) in [5.74, 6) is 0. The quantitative estimate of drug-likeness (QED) is 0.600. The van der Waals surface area contributed by atoms with Crippen LogP contribution in [0.1, 0.15) is 54.0 Å². The van der Waals surface area contributed by atoms with Gasteiger partial charge in [-0.1, -0.05) is 6.07 Å². The van der Waals surface area contributed by atoms with Crippen LogP contribution in [0.25, 0.3) is 22.2 Å². The van der Waals surface area contributed by atoms with Crippen LogP contribution in [0.3, 0.4) is 0 Å². The molecule has 1 aromatic carbocycles. The molecule has 1 atom stereocenters. The van der Waals surface area contributed by atoms with Gasteiger partial charge in [0, 0.05) is 48.5 Å². The smallest absolute Gasteiger partial charge is 0.317 e. The number of H-pyrrole nitrogens is 1. The molecule has 1 saturated carbocycles. The fraction of sp³-hybridized carbons (Fsp3) is 0.440. The van der Waals surface area contributed by atoms with Crippen molar-refractivity contribution in [1.29, 1.82) is 0 Å². The lowest BCUT2D eigenvalue weighted by Gasteiger charge is -2.32. The lowest BCUT2D eigenvalue weighted by Crippen LogP contribution is -2.44. The van der Waals surface area contributed by atoms with Gasteiger partial charge in [-0.25, -0.2) is 9.78 Å². The van der Waals surface area contributed by atoms with Crippen LogP contribution < -0.4 is 10.6 Å². The maximum absolute atomic E-state index is 12.7. The second-order valence-corrected chi connectivity index (χ2v) is 9.34. The van der Waals surface area contributed by atoms with Crippen LogP contribution in [0.5, 0.6) is 0 Å². The molecule has 2 aromatic heterocycles. The zero-order valence-corrected chi connectivity index (χ0v) is 18.0. The Balaban J connectivity index is 1.39. The second kappa shape index (κ2) is 7.38. The summed E-state index contributed by atoms with van der Waals surface area (Å²) in [5.41, 5.74) is 8.63. The first-order valence-corrected chi connectivity index (χ1v) is 11.5. The largest absolute Gasteiger partial charge is 0.346 e. The van der Waals surface area contributed by atoms with Crippen molar-refractivity contribution in [3.63, 3.8) is 0 Å². The zero-order chi connectivity index (χ0) is 20.9. The summed E-state index contributed by atoms with van der Waals surface area (Å²) in [7, 11) is 0. The predicted molar refractivity (Wildman–Crippen MR) is 122 cm³/mol. The summed E-state index contributed by atoms with van der Waals surface area (Å²) in [6, 6.07) is 7.78. The Morgan fingerprint density at radius 3 is 2.90 bits per heavy atom. The van der Waals surface area contributed by atoms with Crippen molar-refractivity contribution in [3.05, 3.63) is 52.8 Å². The summed E-state index contributed by atoms with van der Waals surface area (Å²) in [6.07, 6.45) is 9.49. The first-order valence-electron chi connectivity index (χ1n) is 11.5. The highest BCUT2D eigenvalue weighted by atomic mass is 16.2. The number of fused-ring (bicyclic) bond motifs is 2. The third-order valence-corrected chi connectivity index (χ3v) is 7.08. The van der Waals surface area contributed by atoms with Gasteiger partial charge in [-0.3, -0.25) is 0 Å². The molecule has 1 unspecified atom stereocenters. The SMILES string of the molecule is Cc1c[nH]c2ncc(-c3cc4c(c(C5CCCN5)c3)CN(C(=O)NC3CC3)CC4)cc12. The Bertz CT molecular complexity index is 1160. The Kier molecular flexibility index (Phi) is 4.49. The molecule has 2 amide bonds. The van der Waals surface area contributed by atoms with Gasteiger partial charge in [0.05, 0.1) is 0 Å². The van der Waals surface area contributed by atoms with Crippen molar-refractivity contribution >= 4 is 17.1 Å². The van der Waals surface area contributed by atoms with E-state index >= 15 is 0 Å². The minimum absolute atomic E-state index is 0.0974. The molecular weight excluding hydrogens is 386 g/mol. The van der Waals surface area contributed by atoms with Crippen molar-refractivity contribution < 1.29 is 4.79 Å². The number of hydrogen-bond donors (Lipinski definition) is 3. The molecule has 3 aromatic rings. The van der Waals surface area contributed by atoms with E-state index in [0.29, 0.717) is 18.6 Å². The molecule has 0 spiro atoms. The average Bonchev–Trinajstić information content (AvgIpc) is 3.29. The van der Waals surface area contributed by atoms with Gasteiger partial charge in [-0.05, 0) is 85.5 Å². The molecule has 1 saturated heterocycles.